The summed E-state index contributed by atoms with van der Waals surface area (Å²) in [4.78, 5) is 2.51. The SMILES string of the molecule is CC(=CN1CCCC(C)C1)Cc1ccc(C(C)(C)c2ccccc2)cc1. The molecule has 138 valence electrons. The summed E-state index contributed by atoms with van der Waals surface area (Å²) < 4.78 is 0. The largest absolute Gasteiger partial charge is 0.377 e. The summed E-state index contributed by atoms with van der Waals surface area (Å²) in [6, 6.07) is 20.0. The van der Waals surface area contributed by atoms with Crippen molar-refractivity contribution in [2.24, 2.45) is 5.92 Å². The third-order valence-electron chi connectivity index (χ3n) is 5.75. The van der Waals surface area contributed by atoms with Gasteiger partial charge in [0, 0.05) is 18.5 Å². The molecule has 1 nitrogen and oxygen atoms in total. The molecule has 1 aliphatic rings. The lowest BCUT2D eigenvalue weighted by Gasteiger charge is -2.30. The van der Waals surface area contributed by atoms with Crippen molar-refractivity contribution in [3.05, 3.63) is 83.1 Å². The van der Waals surface area contributed by atoms with E-state index in [1.807, 2.05) is 0 Å². The van der Waals surface area contributed by atoms with Gasteiger partial charge in [0.25, 0.3) is 0 Å². The second-order valence-corrected chi connectivity index (χ2v) is 8.58. The monoisotopic (exact) mass is 347 g/mol. The molecule has 1 aliphatic heterocycles. The molecule has 0 radical (unpaired) electrons. The normalized spacial score (nSPS) is 18.8. The molecule has 3 rings (SSSR count). The van der Waals surface area contributed by atoms with Crippen molar-refractivity contribution < 1.29 is 0 Å². The van der Waals surface area contributed by atoms with Gasteiger partial charge in [0.15, 0.2) is 0 Å². The summed E-state index contributed by atoms with van der Waals surface area (Å²) in [5.41, 5.74) is 5.63. The van der Waals surface area contributed by atoms with E-state index in [1.54, 1.807) is 0 Å². The lowest BCUT2D eigenvalue weighted by molar-refractivity contribution is 0.246. The summed E-state index contributed by atoms with van der Waals surface area (Å²) in [5, 5.41) is 0. The average Bonchev–Trinajstić information content (AvgIpc) is 2.63. The maximum absolute atomic E-state index is 2.51. The second kappa shape index (κ2) is 8.12. The fraction of sp³-hybridized carbons (Fsp3) is 0.440. The first-order valence-corrected chi connectivity index (χ1v) is 10.0. The van der Waals surface area contributed by atoms with Crippen LogP contribution in [0.15, 0.2) is 66.4 Å². The summed E-state index contributed by atoms with van der Waals surface area (Å²) in [6.45, 7) is 11.7. The highest BCUT2D eigenvalue weighted by molar-refractivity contribution is 5.39. The number of hydrogen-bond donors (Lipinski definition) is 0. The molecular formula is C25H33N. The minimum absolute atomic E-state index is 0.0363. The molecule has 0 N–H and O–H groups in total. The maximum Gasteiger partial charge on any atom is 0.0198 e. The second-order valence-electron chi connectivity index (χ2n) is 8.58. The summed E-state index contributed by atoms with van der Waals surface area (Å²) in [7, 11) is 0. The Morgan fingerprint density at radius 1 is 1.04 bits per heavy atom. The van der Waals surface area contributed by atoms with E-state index in [-0.39, 0.29) is 5.41 Å². The Hall–Kier alpha value is -2.02. The standard InChI is InChI=1S/C25H33N/c1-20-9-8-16-26(18-20)19-21(2)17-22-12-14-24(15-13-22)25(3,4)23-10-6-5-7-11-23/h5-7,10-15,19-20H,8-9,16-18H2,1-4H3. The van der Waals surface area contributed by atoms with Gasteiger partial charge in [0.1, 0.15) is 0 Å². The van der Waals surface area contributed by atoms with Crippen molar-refractivity contribution in [1.82, 2.24) is 4.90 Å². The van der Waals surface area contributed by atoms with E-state index in [4.69, 9.17) is 0 Å². The predicted molar refractivity (Wildman–Crippen MR) is 112 cm³/mol. The highest BCUT2D eigenvalue weighted by atomic mass is 15.1. The van der Waals surface area contributed by atoms with Gasteiger partial charge in [-0.3, -0.25) is 0 Å². The first kappa shape index (κ1) is 18.8. The molecule has 0 bridgehead atoms. The molecule has 26 heavy (non-hydrogen) atoms. The molecule has 2 aromatic rings. The Morgan fingerprint density at radius 3 is 2.35 bits per heavy atom. The van der Waals surface area contributed by atoms with E-state index in [1.165, 1.54) is 48.2 Å². The van der Waals surface area contributed by atoms with Crippen LogP contribution in [0.4, 0.5) is 0 Å². The molecule has 1 atom stereocenters. The van der Waals surface area contributed by atoms with E-state index in [0.29, 0.717) is 0 Å². The molecular weight excluding hydrogens is 314 g/mol. The molecule has 1 fully saturated rings. The van der Waals surface area contributed by atoms with E-state index in [9.17, 15) is 0 Å². The van der Waals surface area contributed by atoms with Crippen LogP contribution in [0, 0.1) is 5.92 Å². The van der Waals surface area contributed by atoms with Gasteiger partial charge < -0.3 is 4.90 Å². The number of likely N-dealkylation sites (tertiary alicyclic amines) is 1. The Labute approximate surface area is 159 Å². The highest BCUT2D eigenvalue weighted by Gasteiger charge is 2.22. The van der Waals surface area contributed by atoms with Crippen molar-refractivity contribution in [2.45, 2.75) is 52.4 Å². The summed E-state index contributed by atoms with van der Waals surface area (Å²) in [5.74, 6) is 0.826. The summed E-state index contributed by atoms with van der Waals surface area (Å²) in [6.07, 6.45) is 6.13. The number of piperidine rings is 1. The Kier molecular flexibility index (Phi) is 5.86. The number of rotatable bonds is 5. The Morgan fingerprint density at radius 2 is 1.69 bits per heavy atom. The smallest absolute Gasteiger partial charge is 0.0198 e. The number of nitrogens with zero attached hydrogens (tertiary/aromatic N) is 1. The van der Waals surface area contributed by atoms with E-state index in [2.05, 4.69) is 93.4 Å². The quantitative estimate of drug-likeness (QED) is 0.623. The van der Waals surface area contributed by atoms with Gasteiger partial charge in [0.05, 0.1) is 0 Å². The third-order valence-corrected chi connectivity index (χ3v) is 5.75. The van der Waals surface area contributed by atoms with Gasteiger partial charge in [-0.1, -0.05) is 80.9 Å². The Bertz CT molecular complexity index is 725. The molecule has 1 heteroatoms. The van der Waals surface area contributed by atoms with Crippen LogP contribution in [0.5, 0.6) is 0 Å². The molecule has 1 unspecified atom stereocenters. The van der Waals surface area contributed by atoms with Crippen LogP contribution >= 0.6 is 0 Å². The van der Waals surface area contributed by atoms with Crippen LogP contribution in [0.2, 0.25) is 0 Å². The first-order chi connectivity index (χ1) is 12.4. The van der Waals surface area contributed by atoms with Crippen LogP contribution < -0.4 is 0 Å². The van der Waals surface area contributed by atoms with Gasteiger partial charge in [-0.05, 0) is 55.0 Å². The molecule has 1 heterocycles. The van der Waals surface area contributed by atoms with Crippen molar-refractivity contribution in [2.75, 3.05) is 13.1 Å². The van der Waals surface area contributed by atoms with Crippen LogP contribution in [-0.2, 0) is 11.8 Å². The lowest BCUT2D eigenvalue weighted by Crippen LogP contribution is -2.30. The van der Waals surface area contributed by atoms with Gasteiger partial charge in [0.2, 0.25) is 0 Å². The van der Waals surface area contributed by atoms with Crippen molar-refractivity contribution >= 4 is 0 Å². The highest BCUT2D eigenvalue weighted by Crippen LogP contribution is 2.31. The molecule has 0 amide bonds. The zero-order valence-electron chi connectivity index (χ0n) is 16.8. The van der Waals surface area contributed by atoms with E-state index in [0.717, 1.165) is 12.3 Å². The lowest BCUT2D eigenvalue weighted by atomic mass is 9.78. The number of benzene rings is 2. The molecule has 0 aromatic heterocycles. The molecule has 0 aliphatic carbocycles. The molecule has 0 spiro atoms. The van der Waals surface area contributed by atoms with Crippen molar-refractivity contribution in [1.29, 1.82) is 0 Å². The zero-order valence-corrected chi connectivity index (χ0v) is 16.8. The minimum atomic E-state index is 0.0363. The van der Waals surface area contributed by atoms with Gasteiger partial charge in [-0.2, -0.15) is 0 Å². The topological polar surface area (TPSA) is 3.24 Å². The predicted octanol–water partition coefficient (Wildman–Crippen LogP) is 6.19. The van der Waals surface area contributed by atoms with Crippen molar-refractivity contribution in [3.63, 3.8) is 0 Å². The van der Waals surface area contributed by atoms with Crippen LogP contribution in [-0.4, -0.2) is 18.0 Å². The average molecular weight is 348 g/mol. The van der Waals surface area contributed by atoms with Crippen LogP contribution in [0.25, 0.3) is 0 Å². The molecule has 1 saturated heterocycles. The fourth-order valence-corrected chi connectivity index (χ4v) is 4.08. The van der Waals surface area contributed by atoms with E-state index >= 15 is 0 Å². The first-order valence-electron chi connectivity index (χ1n) is 10.0. The van der Waals surface area contributed by atoms with Gasteiger partial charge in [-0.25, -0.2) is 0 Å². The molecule has 0 saturated carbocycles. The maximum atomic E-state index is 2.51. The third kappa shape index (κ3) is 4.58. The van der Waals surface area contributed by atoms with Gasteiger partial charge in [-0.15, -0.1) is 0 Å². The van der Waals surface area contributed by atoms with Crippen LogP contribution in [0.3, 0.4) is 0 Å². The Balaban J connectivity index is 1.68. The van der Waals surface area contributed by atoms with Crippen LogP contribution in [0.1, 0.15) is 57.2 Å². The minimum Gasteiger partial charge on any atom is -0.377 e. The van der Waals surface area contributed by atoms with Gasteiger partial charge >= 0.3 is 0 Å². The summed E-state index contributed by atoms with van der Waals surface area (Å²) >= 11 is 0. The fourth-order valence-electron chi connectivity index (χ4n) is 4.08. The number of allylic oxidation sites excluding steroid dienone is 1. The number of hydrogen-bond acceptors (Lipinski definition) is 1. The zero-order chi connectivity index (χ0) is 18.6. The molecule has 2 aromatic carbocycles. The van der Waals surface area contributed by atoms with Crippen molar-refractivity contribution in [3.8, 4) is 0 Å². The van der Waals surface area contributed by atoms with E-state index < -0.39 is 0 Å².